The van der Waals surface area contributed by atoms with Gasteiger partial charge in [0.1, 0.15) is 12.3 Å². The van der Waals surface area contributed by atoms with Gasteiger partial charge < -0.3 is 4.74 Å². The van der Waals surface area contributed by atoms with E-state index in [1.54, 1.807) is 12.1 Å². The van der Waals surface area contributed by atoms with E-state index in [1.807, 2.05) is 0 Å². The van der Waals surface area contributed by atoms with Gasteiger partial charge in [0.15, 0.2) is 5.78 Å². The van der Waals surface area contributed by atoms with Crippen LogP contribution in [0.3, 0.4) is 0 Å². The molecule has 0 radical (unpaired) electrons. The maximum Gasteiger partial charge on any atom is 0.189 e. The quantitative estimate of drug-likeness (QED) is 0.483. The number of halogens is 1. The molecule has 0 bridgehead atoms. The largest absolute Gasteiger partial charge is 0.377 e. The molecule has 15 heavy (non-hydrogen) atoms. The first-order chi connectivity index (χ1) is 7.27. The van der Waals surface area contributed by atoms with Gasteiger partial charge >= 0.3 is 0 Å². The maximum absolute atomic E-state index is 11.4. The Balaban J connectivity index is 2.76. The van der Waals surface area contributed by atoms with Gasteiger partial charge in [-0.2, -0.15) is 0 Å². The van der Waals surface area contributed by atoms with E-state index in [2.05, 4.69) is 37.4 Å². The van der Waals surface area contributed by atoms with Gasteiger partial charge in [-0.05, 0) is 32.2 Å². The number of ketones is 1. The van der Waals surface area contributed by atoms with E-state index in [9.17, 15) is 4.79 Å². The van der Waals surface area contributed by atoms with Crippen molar-refractivity contribution in [3.8, 4) is 11.2 Å². The molecule has 78 valence electrons. The fourth-order valence-corrected chi connectivity index (χ4v) is 1.39. The fraction of sp³-hybridized carbons (Fsp3) is 0.200. The molecule has 1 rings (SSSR count). The van der Waals surface area contributed by atoms with Gasteiger partial charge in [0.25, 0.3) is 0 Å². The predicted molar refractivity (Wildman–Crippen MR) is 68.9 cm³/mol. The van der Waals surface area contributed by atoms with Crippen LogP contribution in [-0.2, 0) is 4.74 Å². The van der Waals surface area contributed by atoms with Crippen molar-refractivity contribution in [2.45, 2.75) is 0 Å². The highest BCUT2D eigenvalue weighted by molar-refractivity contribution is 14.2. The molecular formula is C10H8INO2S. The molecule has 5 heteroatoms. The van der Waals surface area contributed by atoms with Crippen molar-refractivity contribution >= 4 is 35.9 Å². The zero-order chi connectivity index (χ0) is 11.1. The molecule has 1 heterocycles. The topological polar surface area (TPSA) is 39.2 Å². The van der Waals surface area contributed by atoms with Gasteiger partial charge in [0.05, 0.1) is 0 Å². The third-order valence-corrected chi connectivity index (χ3v) is 2.42. The number of Topliss-reactive ketones (excluding diaryl/α,β-unsaturated/α-hetero) is 1. The smallest absolute Gasteiger partial charge is 0.189 e. The number of carbonyl (C=O) groups is 1. The highest BCUT2D eigenvalue weighted by Crippen LogP contribution is 2.08. The molecule has 0 spiro atoms. The number of hydrogen-bond acceptors (Lipinski definition) is 4. The summed E-state index contributed by atoms with van der Waals surface area (Å²) in [5.41, 5.74) is 1.21. The van der Waals surface area contributed by atoms with E-state index in [-0.39, 0.29) is 12.4 Å². The Morgan fingerprint density at radius 3 is 3.00 bits per heavy atom. The summed E-state index contributed by atoms with van der Waals surface area (Å²) in [4.78, 5) is 15.4. The number of carbonyl (C=O) groups excluding carboxylic acids is 1. The number of methoxy groups -OCH3 is 1. The Morgan fingerprint density at radius 1 is 1.67 bits per heavy atom. The standard InChI is InChI=1S/C10H8INO2S/c1-14-7-10(13)8-2-3-9(12-6-8)4-5-15-11/h2-3,6H,7H2,1H3. The Kier molecular flexibility index (Phi) is 5.68. The van der Waals surface area contributed by atoms with Crippen molar-refractivity contribution in [1.82, 2.24) is 4.98 Å². The summed E-state index contributed by atoms with van der Waals surface area (Å²) in [6.45, 7) is 0.0797. The molecule has 0 aliphatic carbocycles. The lowest BCUT2D eigenvalue weighted by atomic mass is 10.2. The number of aromatic nitrogens is 1. The van der Waals surface area contributed by atoms with E-state index in [1.165, 1.54) is 22.2 Å². The van der Waals surface area contributed by atoms with Gasteiger partial charge in [-0.3, -0.25) is 4.79 Å². The minimum absolute atomic E-state index is 0.0761. The molecule has 0 amide bonds. The molecule has 0 atom stereocenters. The van der Waals surface area contributed by atoms with E-state index in [4.69, 9.17) is 4.74 Å². The van der Waals surface area contributed by atoms with Gasteiger partial charge in [0, 0.05) is 40.1 Å². The first-order valence-electron chi connectivity index (χ1n) is 4.04. The fourth-order valence-electron chi connectivity index (χ4n) is 0.919. The van der Waals surface area contributed by atoms with Crippen molar-refractivity contribution in [1.29, 1.82) is 0 Å². The molecule has 0 N–H and O–H groups in total. The van der Waals surface area contributed by atoms with Crippen molar-refractivity contribution in [2.75, 3.05) is 13.7 Å². The first-order valence-corrected chi connectivity index (χ1v) is 7.40. The first kappa shape index (κ1) is 12.5. The van der Waals surface area contributed by atoms with Crippen LogP contribution in [0.5, 0.6) is 0 Å². The van der Waals surface area contributed by atoms with Crippen LogP contribution in [0.4, 0.5) is 0 Å². The molecule has 0 saturated heterocycles. The molecular weight excluding hydrogens is 325 g/mol. The minimum atomic E-state index is -0.0761. The van der Waals surface area contributed by atoms with Crippen molar-refractivity contribution in [2.24, 2.45) is 0 Å². The normalized spacial score (nSPS) is 9.20. The zero-order valence-electron chi connectivity index (χ0n) is 7.99. The number of ether oxygens (including phenoxy) is 1. The summed E-state index contributed by atoms with van der Waals surface area (Å²) in [5.74, 6) is 2.77. The van der Waals surface area contributed by atoms with Crippen LogP contribution in [0.2, 0.25) is 0 Å². The van der Waals surface area contributed by atoms with Crippen LogP contribution < -0.4 is 0 Å². The SMILES string of the molecule is COCC(=O)c1ccc(C#CSI)nc1. The molecule has 0 unspecified atom stereocenters. The van der Waals surface area contributed by atoms with Crippen LogP contribution in [0.25, 0.3) is 0 Å². The summed E-state index contributed by atoms with van der Waals surface area (Å²) < 4.78 is 4.74. The van der Waals surface area contributed by atoms with Crippen LogP contribution in [0.15, 0.2) is 18.3 Å². The molecule has 0 aliphatic rings. The van der Waals surface area contributed by atoms with Crippen LogP contribution in [0.1, 0.15) is 16.1 Å². The Hall–Kier alpha value is -0.580. The lowest BCUT2D eigenvalue weighted by molar-refractivity contribution is 0.0847. The third-order valence-electron chi connectivity index (χ3n) is 1.58. The zero-order valence-corrected chi connectivity index (χ0v) is 11.0. The summed E-state index contributed by atoms with van der Waals surface area (Å²) in [6, 6.07) is 3.43. The Labute approximate surface area is 105 Å². The van der Waals surface area contributed by atoms with Crippen LogP contribution >= 0.6 is 30.1 Å². The van der Waals surface area contributed by atoms with Crippen molar-refractivity contribution in [3.63, 3.8) is 0 Å². The monoisotopic (exact) mass is 333 g/mol. The summed E-state index contributed by atoms with van der Waals surface area (Å²) in [5, 5.41) is 2.82. The highest BCUT2D eigenvalue weighted by Gasteiger charge is 2.04. The number of hydrogen-bond donors (Lipinski definition) is 0. The van der Waals surface area contributed by atoms with E-state index in [0.29, 0.717) is 11.3 Å². The van der Waals surface area contributed by atoms with E-state index < -0.39 is 0 Å². The lowest BCUT2D eigenvalue weighted by Crippen LogP contribution is -2.07. The molecule has 1 aromatic heterocycles. The van der Waals surface area contributed by atoms with Crippen LogP contribution in [-0.4, -0.2) is 24.5 Å². The van der Waals surface area contributed by atoms with Gasteiger partial charge in [-0.25, -0.2) is 4.98 Å². The average molecular weight is 333 g/mol. The molecule has 0 aliphatic heterocycles. The number of rotatable bonds is 3. The molecule has 1 aromatic rings. The number of pyridine rings is 1. The second-order valence-electron chi connectivity index (χ2n) is 2.59. The van der Waals surface area contributed by atoms with Gasteiger partial charge in [-0.15, -0.1) is 0 Å². The molecule has 3 nitrogen and oxygen atoms in total. The van der Waals surface area contributed by atoms with Gasteiger partial charge in [0.2, 0.25) is 0 Å². The van der Waals surface area contributed by atoms with Crippen molar-refractivity contribution in [3.05, 3.63) is 29.6 Å². The lowest BCUT2D eigenvalue weighted by Gasteiger charge is -1.98. The maximum atomic E-state index is 11.4. The third kappa shape index (κ3) is 4.20. The summed E-state index contributed by atoms with van der Waals surface area (Å²) in [7, 11) is 2.89. The Bertz CT molecular complexity index is 394. The Morgan fingerprint density at radius 2 is 2.47 bits per heavy atom. The second-order valence-corrected chi connectivity index (χ2v) is 4.27. The van der Waals surface area contributed by atoms with Crippen LogP contribution in [0, 0.1) is 11.2 Å². The number of nitrogens with zero attached hydrogens (tertiary/aromatic N) is 1. The van der Waals surface area contributed by atoms with E-state index in [0.717, 1.165) is 0 Å². The van der Waals surface area contributed by atoms with Crippen molar-refractivity contribution < 1.29 is 9.53 Å². The molecule has 0 fully saturated rings. The van der Waals surface area contributed by atoms with Gasteiger partial charge in [-0.1, -0.05) is 0 Å². The predicted octanol–water partition coefficient (Wildman–Crippen LogP) is 2.30. The van der Waals surface area contributed by atoms with E-state index >= 15 is 0 Å². The molecule has 0 aromatic carbocycles. The summed E-state index contributed by atoms with van der Waals surface area (Å²) >= 11 is 2.09. The molecule has 0 saturated carbocycles. The minimum Gasteiger partial charge on any atom is -0.377 e. The summed E-state index contributed by atoms with van der Waals surface area (Å²) in [6.07, 6.45) is 1.52. The second kappa shape index (κ2) is 6.82. The highest BCUT2D eigenvalue weighted by atomic mass is 127. The average Bonchev–Trinajstić information content (AvgIpc) is 2.27.